The lowest BCUT2D eigenvalue weighted by Crippen LogP contribution is -2.13. The molecular formula is C11H8ClN5OS. The van der Waals surface area contributed by atoms with Crippen molar-refractivity contribution >= 4 is 22.9 Å². The zero-order valence-electron chi connectivity index (χ0n) is 9.60. The van der Waals surface area contributed by atoms with Gasteiger partial charge in [-0.2, -0.15) is 0 Å². The van der Waals surface area contributed by atoms with Crippen LogP contribution in [-0.4, -0.2) is 25.4 Å². The number of thiazole rings is 1. The molecule has 8 heteroatoms. The van der Waals surface area contributed by atoms with Crippen LogP contribution in [0.25, 0.3) is 11.4 Å². The lowest BCUT2D eigenvalue weighted by Gasteiger charge is -2.04. The third kappa shape index (κ3) is 2.72. The lowest BCUT2D eigenvalue weighted by atomic mass is 10.2. The Balaban J connectivity index is 1.77. The molecule has 0 unspecified atom stereocenters. The first kappa shape index (κ1) is 12.1. The molecule has 0 aliphatic carbocycles. The molecule has 0 amide bonds. The van der Waals surface area contributed by atoms with Crippen LogP contribution in [0.15, 0.2) is 36.5 Å². The number of halogens is 1. The van der Waals surface area contributed by atoms with Gasteiger partial charge >= 0.3 is 0 Å². The van der Waals surface area contributed by atoms with Crippen LogP contribution in [-0.2, 0) is 6.61 Å². The second kappa shape index (κ2) is 5.33. The van der Waals surface area contributed by atoms with E-state index in [1.165, 1.54) is 16.2 Å². The number of nitrogens with zero attached hydrogens (tertiary/aromatic N) is 5. The molecule has 0 radical (unpaired) electrons. The fraction of sp³-hybridized carbons (Fsp3) is 0.0909. The number of rotatable bonds is 4. The maximum absolute atomic E-state index is 5.75. The van der Waals surface area contributed by atoms with Gasteiger partial charge in [0, 0.05) is 11.8 Å². The van der Waals surface area contributed by atoms with E-state index < -0.39 is 0 Å². The highest BCUT2D eigenvalue weighted by molar-refractivity contribution is 7.15. The first-order valence-electron chi connectivity index (χ1n) is 5.40. The number of benzene rings is 1. The van der Waals surface area contributed by atoms with Crippen molar-refractivity contribution in [3.8, 4) is 11.4 Å². The topological polar surface area (TPSA) is 65.7 Å². The summed E-state index contributed by atoms with van der Waals surface area (Å²) >= 11 is 7.11. The standard InChI is InChI=1S/C11H8ClN5OS/c12-11-13-6-9(19-11)7-18-17-10(14-15-16-17)8-4-2-1-3-5-8/h1-6H,7H2. The Labute approximate surface area is 117 Å². The second-order valence-electron chi connectivity index (χ2n) is 3.59. The molecular weight excluding hydrogens is 286 g/mol. The monoisotopic (exact) mass is 293 g/mol. The van der Waals surface area contributed by atoms with Crippen LogP contribution in [0.4, 0.5) is 0 Å². The molecule has 0 spiro atoms. The Hall–Kier alpha value is -1.99. The van der Waals surface area contributed by atoms with E-state index in [0.29, 0.717) is 16.9 Å². The molecule has 0 saturated heterocycles. The molecule has 0 N–H and O–H groups in total. The fourth-order valence-electron chi connectivity index (χ4n) is 1.50. The summed E-state index contributed by atoms with van der Waals surface area (Å²) < 4.78 is 0.485. The first-order chi connectivity index (χ1) is 9.33. The predicted molar refractivity (Wildman–Crippen MR) is 70.7 cm³/mol. The summed E-state index contributed by atoms with van der Waals surface area (Å²) in [6.07, 6.45) is 1.67. The van der Waals surface area contributed by atoms with E-state index >= 15 is 0 Å². The van der Waals surface area contributed by atoms with Gasteiger partial charge in [0.25, 0.3) is 0 Å². The van der Waals surface area contributed by atoms with Crippen LogP contribution in [0, 0.1) is 0 Å². The van der Waals surface area contributed by atoms with E-state index in [1.54, 1.807) is 6.20 Å². The van der Waals surface area contributed by atoms with Crippen molar-refractivity contribution in [2.45, 2.75) is 6.61 Å². The van der Waals surface area contributed by atoms with Gasteiger partial charge in [-0.25, -0.2) is 4.98 Å². The van der Waals surface area contributed by atoms with E-state index in [-0.39, 0.29) is 0 Å². The minimum Gasteiger partial charge on any atom is -0.388 e. The molecule has 19 heavy (non-hydrogen) atoms. The Morgan fingerprint density at radius 3 is 2.84 bits per heavy atom. The zero-order valence-corrected chi connectivity index (χ0v) is 11.2. The Bertz CT molecular complexity index is 669. The van der Waals surface area contributed by atoms with E-state index in [2.05, 4.69) is 20.5 Å². The summed E-state index contributed by atoms with van der Waals surface area (Å²) in [5, 5.41) is 11.4. The molecule has 3 aromatic rings. The summed E-state index contributed by atoms with van der Waals surface area (Å²) in [4.78, 5) is 11.7. The molecule has 0 aliphatic heterocycles. The molecule has 2 aromatic heterocycles. The van der Waals surface area contributed by atoms with Crippen LogP contribution in [0.3, 0.4) is 0 Å². The van der Waals surface area contributed by atoms with E-state index in [1.807, 2.05) is 30.3 Å². The second-order valence-corrected chi connectivity index (χ2v) is 5.29. The molecule has 6 nitrogen and oxygen atoms in total. The largest absolute Gasteiger partial charge is 0.388 e. The van der Waals surface area contributed by atoms with Crippen molar-refractivity contribution in [2.24, 2.45) is 0 Å². The van der Waals surface area contributed by atoms with Crippen LogP contribution < -0.4 is 4.84 Å². The summed E-state index contributed by atoms with van der Waals surface area (Å²) in [6.45, 7) is 0.315. The molecule has 0 atom stereocenters. The quantitative estimate of drug-likeness (QED) is 0.737. The number of tetrazole rings is 1. The van der Waals surface area contributed by atoms with Crippen molar-refractivity contribution in [2.75, 3.05) is 0 Å². The van der Waals surface area contributed by atoms with Crippen molar-refractivity contribution in [3.63, 3.8) is 0 Å². The van der Waals surface area contributed by atoms with E-state index in [0.717, 1.165) is 10.4 Å². The van der Waals surface area contributed by atoms with Crippen molar-refractivity contribution in [1.29, 1.82) is 0 Å². The smallest absolute Gasteiger partial charge is 0.222 e. The normalized spacial score (nSPS) is 10.6. The lowest BCUT2D eigenvalue weighted by molar-refractivity contribution is 0.0710. The van der Waals surface area contributed by atoms with E-state index in [9.17, 15) is 0 Å². The minimum absolute atomic E-state index is 0.315. The van der Waals surface area contributed by atoms with Gasteiger partial charge in [-0.3, -0.25) is 0 Å². The first-order valence-corrected chi connectivity index (χ1v) is 6.59. The molecule has 96 valence electrons. The Morgan fingerprint density at radius 1 is 1.26 bits per heavy atom. The van der Waals surface area contributed by atoms with Gasteiger partial charge in [-0.15, -0.1) is 16.4 Å². The zero-order chi connectivity index (χ0) is 13.1. The van der Waals surface area contributed by atoms with Crippen LogP contribution >= 0.6 is 22.9 Å². The van der Waals surface area contributed by atoms with Crippen LogP contribution in [0.5, 0.6) is 0 Å². The van der Waals surface area contributed by atoms with Gasteiger partial charge in [0.2, 0.25) is 5.82 Å². The molecule has 0 bridgehead atoms. The van der Waals surface area contributed by atoms with Gasteiger partial charge in [0.1, 0.15) is 0 Å². The average molecular weight is 294 g/mol. The third-order valence-electron chi connectivity index (χ3n) is 2.33. The van der Waals surface area contributed by atoms with Gasteiger partial charge in [0.15, 0.2) is 11.1 Å². The van der Waals surface area contributed by atoms with Crippen molar-refractivity contribution < 1.29 is 4.84 Å². The van der Waals surface area contributed by atoms with Gasteiger partial charge < -0.3 is 4.84 Å². The summed E-state index contributed by atoms with van der Waals surface area (Å²) in [7, 11) is 0. The average Bonchev–Trinajstić information content (AvgIpc) is 3.06. The van der Waals surface area contributed by atoms with Crippen molar-refractivity contribution in [1.82, 2.24) is 25.4 Å². The summed E-state index contributed by atoms with van der Waals surface area (Å²) in [5.74, 6) is 0.552. The van der Waals surface area contributed by atoms with Gasteiger partial charge in [0.05, 0.1) is 4.88 Å². The van der Waals surface area contributed by atoms with Crippen LogP contribution in [0.1, 0.15) is 4.88 Å². The van der Waals surface area contributed by atoms with Gasteiger partial charge in [-0.05, 0) is 10.4 Å². The Morgan fingerprint density at radius 2 is 2.11 bits per heavy atom. The van der Waals surface area contributed by atoms with Gasteiger partial charge in [-0.1, -0.05) is 46.8 Å². The molecule has 0 fully saturated rings. The highest BCUT2D eigenvalue weighted by atomic mass is 35.5. The summed E-state index contributed by atoms with van der Waals surface area (Å²) in [5.41, 5.74) is 0.884. The van der Waals surface area contributed by atoms with Crippen LogP contribution in [0.2, 0.25) is 4.47 Å². The maximum atomic E-state index is 5.75. The number of hydrogen-bond acceptors (Lipinski definition) is 6. The van der Waals surface area contributed by atoms with Crippen molar-refractivity contribution in [3.05, 3.63) is 45.9 Å². The highest BCUT2D eigenvalue weighted by Crippen LogP contribution is 2.18. The minimum atomic E-state index is 0.315. The molecule has 3 rings (SSSR count). The predicted octanol–water partition coefficient (Wildman–Crippen LogP) is 2.08. The maximum Gasteiger partial charge on any atom is 0.222 e. The fourth-order valence-corrected chi connectivity index (χ4v) is 2.38. The summed E-state index contributed by atoms with van der Waals surface area (Å²) in [6, 6.07) is 9.58. The Kier molecular flexibility index (Phi) is 3.39. The molecule has 1 aromatic carbocycles. The SMILES string of the molecule is Clc1ncc(COn2nnnc2-c2ccccc2)s1. The molecule has 0 saturated carbocycles. The molecule has 2 heterocycles. The number of hydrogen-bond donors (Lipinski definition) is 0. The molecule has 0 aliphatic rings. The number of aromatic nitrogens is 5. The third-order valence-corrected chi connectivity index (χ3v) is 3.42. The highest BCUT2D eigenvalue weighted by Gasteiger charge is 2.10. The van der Waals surface area contributed by atoms with E-state index in [4.69, 9.17) is 16.4 Å².